The van der Waals surface area contributed by atoms with Crippen molar-refractivity contribution in [3.8, 4) is 0 Å². The standard InChI is InChI=1S/C28H31BrN2O6/c1-4-36-27(35)21-22-26(34)31(20(14-32)17-8-6-5-7-9-17)24(28(22)13-18(29)23(21)37-28)25(33)30-19-12-15(2)10-11-16(19)3/h5-12,18,20-24,32H,4,13-14H2,1-3H3,(H,30,33)/t18?,20-,21+,22-,23+,24+,28-/m1/s1. The Kier molecular flexibility index (Phi) is 6.89. The highest BCUT2D eigenvalue weighted by molar-refractivity contribution is 9.09. The van der Waals surface area contributed by atoms with E-state index in [2.05, 4.69) is 21.2 Å². The number of nitrogens with zero attached hydrogens (tertiary/aromatic N) is 1. The number of carbonyl (C=O) groups is 3. The van der Waals surface area contributed by atoms with Crippen LogP contribution < -0.4 is 5.32 Å². The van der Waals surface area contributed by atoms with Crippen LogP contribution in [0.3, 0.4) is 0 Å². The van der Waals surface area contributed by atoms with Crippen LogP contribution in [-0.4, -0.2) is 63.6 Å². The first-order chi connectivity index (χ1) is 17.7. The minimum absolute atomic E-state index is 0.173. The van der Waals surface area contributed by atoms with E-state index >= 15 is 0 Å². The molecule has 0 aromatic heterocycles. The van der Waals surface area contributed by atoms with Gasteiger partial charge in [-0.25, -0.2) is 0 Å². The summed E-state index contributed by atoms with van der Waals surface area (Å²) < 4.78 is 11.8. The van der Waals surface area contributed by atoms with Gasteiger partial charge in [-0.05, 0) is 49.9 Å². The van der Waals surface area contributed by atoms with Gasteiger partial charge in [0, 0.05) is 10.5 Å². The van der Waals surface area contributed by atoms with E-state index in [1.54, 1.807) is 6.92 Å². The van der Waals surface area contributed by atoms with Gasteiger partial charge in [-0.2, -0.15) is 0 Å². The highest BCUT2D eigenvalue weighted by atomic mass is 79.9. The number of nitrogens with one attached hydrogen (secondary N) is 1. The van der Waals surface area contributed by atoms with Crippen molar-refractivity contribution in [1.82, 2.24) is 4.90 Å². The molecule has 196 valence electrons. The molecule has 8 nitrogen and oxygen atoms in total. The first-order valence-electron chi connectivity index (χ1n) is 12.6. The Morgan fingerprint density at radius 3 is 2.65 bits per heavy atom. The van der Waals surface area contributed by atoms with E-state index in [0.29, 0.717) is 17.7 Å². The third-order valence-corrected chi connectivity index (χ3v) is 8.72. The number of likely N-dealkylation sites (tertiary alicyclic amines) is 1. The number of fused-ring (bicyclic) bond motifs is 1. The number of halogens is 1. The fourth-order valence-corrected chi connectivity index (χ4v) is 7.25. The number of hydrogen-bond acceptors (Lipinski definition) is 6. The molecule has 3 saturated heterocycles. The third kappa shape index (κ3) is 4.08. The molecular formula is C28H31BrN2O6. The van der Waals surface area contributed by atoms with Gasteiger partial charge in [0.1, 0.15) is 11.6 Å². The van der Waals surface area contributed by atoms with Crippen molar-refractivity contribution in [3.63, 3.8) is 0 Å². The molecule has 0 radical (unpaired) electrons. The lowest BCUT2D eigenvalue weighted by atomic mass is 9.70. The zero-order chi connectivity index (χ0) is 26.5. The first kappa shape index (κ1) is 25.9. The molecule has 7 atom stereocenters. The molecule has 0 saturated carbocycles. The van der Waals surface area contributed by atoms with Gasteiger partial charge in [0.15, 0.2) is 0 Å². The number of aryl methyl sites for hydroxylation is 2. The number of benzene rings is 2. The number of aliphatic hydroxyl groups is 1. The van der Waals surface area contributed by atoms with Crippen molar-refractivity contribution in [1.29, 1.82) is 0 Å². The summed E-state index contributed by atoms with van der Waals surface area (Å²) in [6.07, 6.45) is -0.214. The van der Waals surface area contributed by atoms with Crippen LogP contribution >= 0.6 is 15.9 Å². The molecule has 3 heterocycles. The van der Waals surface area contributed by atoms with Crippen LogP contribution in [0.15, 0.2) is 48.5 Å². The molecule has 1 spiro atoms. The van der Waals surface area contributed by atoms with Gasteiger partial charge in [0.25, 0.3) is 0 Å². The summed E-state index contributed by atoms with van der Waals surface area (Å²) in [5, 5.41) is 13.5. The molecule has 37 heavy (non-hydrogen) atoms. The number of aliphatic hydroxyl groups excluding tert-OH is 1. The van der Waals surface area contributed by atoms with Crippen LogP contribution in [0.5, 0.6) is 0 Å². The summed E-state index contributed by atoms with van der Waals surface area (Å²) in [6, 6.07) is 13.0. The average molecular weight is 571 g/mol. The van der Waals surface area contributed by atoms with Gasteiger partial charge < -0.3 is 24.8 Å². The first-order valence-corrected chi connectivity index (χ1v) is 13.5. The van der Waals surface area contributed by atoms with E-state index in [-0.39, 0.29) is 17.3 Å². The van der Waals surface area contributed by atoms with Crippen LogP contribution in [0.4, 0.5) is 5.69 Å². The second kappa shape index (κ2) is 9.85. The number of hydrogen-bond donors (Lipinski definition) is 2. The average Bonchev–Trinajstić information content (AvgIpc) is 3.46. The lowest BCUT2D eigenvalue weighted by molar-refractivity contribution is -0.155. The summed E-state index contributed by atoms with van der Waals surface area (Å²) in [4.78, 5) is 42.6. The SMILES string of the molecule is CCOC(=O)[C@@H]1[C@H]2O[C@@]3(CC2Br)[C@H](C(=O)Nc2cc(C)ccc2C)N([C@H](CO)c2ccccc2)C(=O)[C@@H]13. The lowest BCUT2D eigenvalue weighted by Gasteiger charge is -2.37. The van der Waals surface area contributed by atoms with Crippen LogP contribution in [0.25, 0.3) is 0 Å². The molecule has 3 aliphatic heterocycles. The second-order valence-electron chi connectivity index (χ2n) is 10.1. The van der Waals surface area contributed by atoms with Gasteiger partial charge in [0.2, 0.25) is 11.8 Å². The molecule has 2 aromatic rings. The van der Waals surface area contributed by atoms with E-state index in [0.717, 1.165) is 11.1 Å². The van der Waals surface area contributed by atoms with Crippen molar-refractivity contribution in [2.75, 3.05) is 18.5 Å². The number of carbonyl (C=O) groups excluding carboxylic acids is 3. The molecule has 3 fully saturated rings. The van der Waals surface area contributed by atoms with Crippen molar-refractivity contribution < 1.29 is 29.0 Å². The zero-order valence-electron chi connectivity index (χ0n) is 21.0. The summed E-state index contributed by atoms with van der Waals surface area (Å²) in [5.41, 5.74) is 1.95. The van der Waals surface area contributed by atoms with E-state index in [1.165, 1.54) is 4.90 Å². The Labute approximate surface area is 224 Å². The summed E-state index contributed by atoms with van der Waals surface area (Å²) >= 11 is 3.65. The largest absolute Gasteiger partial charge is 0.466 e. The van der Waals surface area contributed by atoms with Gasteiger partial charge in [0.05, 0.1) is 37.2 Å². The molecule has 3 aliphatic rings. The maximum absolute atomic E-state index is 14.2. The van der Waals surface area contributed by atoms with Crippen LogP contribution in [0.1, 0.15) is 36.1 Å². The minimum Gasteiger partial charge on any atom is -0.466 e. The highest BCUT2D eigenvalue weighted by Gasteiger charge is 2.77. The van der Waals surface area contributed by atoms with E-state index < -0.39 is 54.1 Å². The number of rotatable bonds is 7. The number of anilines is 1. The van der Waals surface area contributed by atoms with E-state index in [1.807, 2.05) is 62.4 Å². The quantitative estimate of drug-likeness (QED) is 0.391. The smallest absolute Gasteiger partial charge is 0.312 e. The molecule has 2 bridgehead atoms. The monoisotopic (exact) mass is 570 g/mol. The summed E-state index contributed by atoms with van der Waals surface area (Å²) in [5.74, 6) is -3.04. The van der Waals surface area contributed by atoms with Crippen molar-refractivity contribution in [3.05, 3.63) is 65.2 Å². The molecule has 2 aromatic carbocycles. The Morgan fingerprint density at radius 1 is 1.24 bits per heavy atom. The molecule has 9 heteroatoms. The van der Waals surface area contributed by atoms with Crippen molar-refractivity contribution in [2.24, 2.45) is 11.8 Å². The second-order valence-corrected chi connectivity index (χ2v) is 11.3. The molecule has 1 unspecified atom stereocenters. The van der Waals surface area contributed by atoms with E-state index in [4.69, 9.17) is 9.47 Å². The number of ether oxygens (including phenoxy) is 2. The Bertz CT molecular complexity index is 1220. The normalized spacial score (nSPS) is 30.8. The maximum atomic E-state index is 14.2. The Morgan fingerprint density at radius 2 is 1.97 bits per heavy atom. The zero-order valence-corrected chi connectivity index (χ0v) is 22.6. The highest BCUT2D eigenvalue weighted by Crippen LogP contribution is 2.61. The van der Waals surface area contributed by atoms with Crippen LogP contribution in [0, 0.1) is 25.7 Å². The molecular weight excluding hydrogens is 540 g/mol. The lowest BCUT2D eigenvalue weighted by Crippen LogP contribution is -2.54. The predicted molar refractivity (Wildman–Crippen MR) is 140 cm³/mol. The molecule has 2 N–H and O–H groups in total. The van der Waals surface area contributed by atoms with Crippen molar-refractivity contribution in [2.45, 2.75) is 55.8 Å². The van der Waals surface area contributed by atoms with Gasteiger partial charge in [-0.1, -0.05) is 58.4 Å². The number of alkyl halides is 1. The fraction of sp³-hybridized carbons (Fsp3) is 0.464. The maximum Gasteiger partial charge on any atom is 0.312 e. The predicted octanol–water partition coefficient (Wildman–Crippen LogP) is 3.29. The van der Waals surface area contributed by atoms with Gasteiger partial charge >= 0.3 is 5.97 Å². The summed E-state index contributed by atoms with van der Waals surface area (Å²) in [6.45, 7) is 5.34. The topological polar surface area (TPSA) is 105 Å². The van der Waals surface area contributed by atoms with Crippen LogP contribution in [-0.2, 0) is 23.9 Å². The van der Waals surface area contributed by atoms with Gasteiger partial charge in [-0.3, -0.25) is 14.4 Å². The third-order valence-electron chi connectivity index (χ3n) is 7.88. The molecule has 2 amide bonds. The van der Waals surface area contributed by atoms with Crippen LogP contribution in [0.2, 0.25) is 0 Å². The number of amides is 2. The molecule has 5 rings (SSSR count). The van der Waals surface area contributed by atoms with Gasteiger partial charge in [-0.15, -0.1) is 0 Å². The Hall–Kier alpha value is -2.75. The minimum atomic E-state index is -1.24. The van der Waals surface area contributed by atoms with Crippen molar-refractivity contribution >= 4 is 39.4 Å². The fourth-order valence-electron chi connectivity index (χ4n) is 6.31. The van der Waals surface area contributed by atoms with E-state index in [9.17, 15) is 19.5 Å². The number of esters is 1. The molecule has 0 aliphatic carbocycles. The summed E-state index contributed by atoms with van der Waals surface area (Å²) in [7, 11) is 0. The Balaban J connectivity index is 1.62.